The van der Waals surface area contributed by atoms with E-state index in [-0.39, 0.29) is 0 Å². The van der Waals surface area contributed by atoms with Crippen molar-refractivity contribution < 1.29 is 15.0 Å². The van der Waals surface area contributed by atoms with Crippen molar-refractivity contribution in [1.29, 1.82) is 0 Å². The first-order valence-corrected chi connectivity index (χ1v) is 3.04. The summed E-state index contributed by atoms with van der Waals surface area (Å²) in [7, 11) is 0. The average molecular weight is 145 g/mol. The Labute approximate surface area is 59.2 Å². The second-order valence-electron chi connectivity index (χ2n) is 1.77. The van der Waals surface area contributed by atoms with Crippen LogP contribution in [0.25, 0.3) is 0 Å². The normalized spacial score (nSPS) is 11.1. The van der Waals surface area contributed by atoms with E-state index in [0.29, 0.717) is 12.8 Å². The smallest absolute Gasteiger partial charge is 0.289 e. The van der Waals surface area contributed by atoms with Gasteiger partial charge in [-0.3, -0.25) is 4.79 Å². The fourth-order valence-corrected chi connectivity index (χ4v) is 0.388. The minimum absolute atomic E-state index is 0.366. The van der Waals surface area contributed by atoms with Crippen LogP contribution in [0.1, 0.15) is 13.3 Å². The van der Waals surface area contributed by atoms with E-state index in [1.54, 1.807) is 0 Å². The lowest BCUT2D eigenvalue weighted by Crippen LogP contribution is -2.25. The van der Waals surface area contributed by atoms with E-state index in [4.69, 9.17) is 10.2 Å². The molecule has 0 aliphatic carbocycles. The molecule has 4 heteroatoms. The van der Waals surface area contributed by atoms with Gasteiger partial charge in [0.1, 0.15) is 6.26 Å². The molecule has 1 amide bonds. The molecule has 3 N–H and O–H groups in total. The Balaban J connectivity index is 3.63. The summed E-state index contributed by atoms with van der Waals surface area (Å²) in [6, 6.07) is 0. The molecule has 0 aromatic carbocycles. The highest BCUT2D eigenvalue weighted by Crippen LogP contribution is 1.84. The largest absolute Gasteiger partial charge is 0.512 e. The highest BCUT2D eigenvalue weighted by Gasteiger charge is 2.03. The lowest BCUT2D eigenvalue weighted by atomic mass is 10.4. The maximum absolute atomic E-state index is 10.5. The zero-order chi connectivity index (χ0) is 7.98. The Morgan fingerprint density at radius 1 is 1.70 bits per heavy atom. The van der Waals surface area contributed by atoms with Crippen LogP contribution >= 0.6 is 0 Å². The third-order valence-corrected chi connectivity index (χ3v) is 0.890. The number of amides is 1. The molecular formula is C6H11NO3. The van der Waals surface area contributed by atoms with Crippen LogP contribution in [0.15, 0.2) is 12.0 Å². The molecule has 0 radical (unpaired) electrons. The summed E-state index contributed by atoms with van der Waals surface area (Å²) in [6.45, 7) is 2.39. The number of rotatable bonds is 3. The molecule has 0 aliphatic heterocycles. The van der Waals surface area contributed by atoms with Crippen LogP contribution in [0.2, 0.25) is 0 Å². The number of aliphatic hydroxyl groups excluding tert-OH is 2. The summed E-state index contributed by atoms with van der Waals surface area (Å²) < 4.78 is 0. The van der Waals surface area contributed by atoms with Crippen LogP contribution in [0, 0.1) is 0 Å². The fraction of sp³-hybridized carbons (Fsp3) is 0.500. The lowest BCUT2D eigenvalue weighted by molar-refractivity contribution is -0.120. The second-order valence-corrected chi connectivity index (χ2v) is 1.77. The van der Waals surface area contributed by atoms with E-state index >= 15 is 0 Å². The molecule has 0 saturated carbocycles. The van der Waals surface area contributed by atoms with Gasteiger partial charge in [-0.2, -0.15) is 0 Å². The number of carbonyl (C=O) groups is 1. The summed E-state index contributed by atoms with van der Waals surface area (Å²) in [4.78, 5) is 10.5. The molecular weight excluding hydrogens is 134 g/mol. The molecule has 0 heterocycles. The van der Waals surface area contributed by atoms with Crippen molar-refractivity contribution in [3.63, 3.8) is 0 Å². The van der Waals surface area contributed by atoms with Crippen LogP contribution in [0.3, 0.4) is 0 Å². The van der Waals surface area contributed by atoms with E-state index in [9.17, 15) is 4.79 Å². The third-order valence-electron chi connectivity index (χ3n) is 0.890. The molecule has 0 aromatic rings. The molecule has 0 bridgehead atoms. The van der Waals surface area contributed by atoms with Crippen LogP contribution in [0.4, 0.5) is 0 Å². The predicted molar refractivity (Wildman–Crippen MR) is 36.6 cm³/mol. The predicted octanol–water partition coefficient (Wildman–Crippen LogP) is 0.470. The van der Waals surface area contributed by atoms with Gasteiger partial charge in [-0.25, -0.2) is 0 Å². The zero-order valence-electron chi connectivity index (χ0n) is 5.79. The molecule has 0 unspecified atom stereocenters. The zero-order valence-corrected chi connectivity index (χ0v) is 5.79. The van der Waals surface area contributed by atoms with Crippen molar-refractivity contribution in [2.24, 2.45) is 0 Å². The van der Waals surface area contributed by atoms with Crippen molar-refractivity contribution in [3.8, 4) is 0 Å². The van der Waals surface area contributed by atoms with Crippen molar-refractivity contribution in [3.05, 3.63) is 12.0 Å². The molecule has 58 valence electrons. The Hall–Kier alpha value is -1.19. The van der Waals surface area contributed by atoms with Crippen molar-refractivity contribution in [2.45, 2.75) is 13.3 Å². The van der Waals surface area contributed by atoms with E-state index in [2.05, 4.69) is 5.32 Å². The molecule has 0 fully saturated rings. The maximum Gasteiger partial charge on any atom is 0.289 e. The molecule has 0 spiro atoms. The molecule has 4 nitrogen and oxygen atoms in total. The van der Waals surface area contributed by atoms with Crippen LogP contribution in [0.5, 0.6) is 0 Å². The Morgan fingerprint density at radius 2 is 2.30 bits per heavy atom. The van der Waals surface area contributed by atoms with Crippen molar-refractivity contribution >= 4 is 5.91 Å². The number of hydrogen-bond acceptors (Lipinski definition) is 3. The SMILES string of the molecule is CCCNC(=O)C(O)=CO. The highest BCUT2D eigenvalue weighted by molar-refractivity contribution is 5.90. The van der Waals surface area contributed by atoms with Gasteiger partial charge in [0.15, 0.2) is 0 Å². The van der Waals surface area contributed by atoms with E-state index < -0.39 is 11.7 Å². The summed E-state index contributed by atoms with van der Waals surface area (Å²) in [5, 5.41) is 19.0. The summed E-state index contributed by atoms with van der Waals surface area (Å²) in [6.07, 6.45) is 1.16. The number of hydrogen-bond donors (Lipinski definition) is 3. The van der Waals surface area contributed by atoms with Crippen LogP contribution < -0.4 is 5.32 Å². The number of aliphatic hydroxyl groups is 2. The Bertz CT molecular complexity index is 142. The summed E-state index contributed by atoms with van der Waals surface area (Å²) in [5.74, 6) is -1.31. The van der Waals surface area contributed by atoms with Gasteiger partial charge in [0.2, 0.25) is 5.76 Å². The summed E-state index contributed by atoms with van der Waals surface area (Å²) >= 11 is 0. The molecule has 0 aromatic heterocycles. The first kappa shape index (κ1) is 8.81. The topological polar surface area (TPSA) is 69.6 Å². The Morgan fingerprint density at radius 3 is 2.70 bits per heavy atom. The summed E-state index contributed by atoms with van der Waals surface area (Å²) in [5.41, 5.74) is 0. The molecule has 0 aliphatic rings. The third kappa shape index (κ3) is 2.96. The van der Waals surface area contributed by atoms with Gasteiger partial charge in [0, 0.05) is 6.54 Å². The fourth-order valence-electron chi connectivity index (χ4n) is 0.388. The van der Waals surface area contributed by atoms with Crippen LogP contribution in [-0.4, -0.2) is 22.7 Å². The van der Waals surface area contributed by atoms with Gasteiger partial charge in [-0.15, -0.1) is 0 Å². The van der Waals surface area contributed by atoms with Crippen molar-refractivity contribution in [1.82, 2.24) is 5.32 Å². The highest BCUT2D eigenvalue weighted by atomic mass is 16.3. The van der Waals surface area contributed by atoms with Gasteiger partial charge in [0.05, 0.1) is 0 Å². The number of nitrogens with one attached hydrogen (secondary N) is 1. The monoisotopic (exact) mass is 145 g/mol. The minimum atomic E-state index is -0.659. The molecule has 0 saturated heterocycles. The quantitative estimate of drug-likeness (QED) is 0.399. The lowest BCUT2D eigenvalue weighted by Gasteiger charge is -1.99. The van der Waals surface area contributed by atoms with Gasteiger partial charge in [-0.1, -0.05) is 6.92 Å². The standard InChI is InChI=1S/C6H11NO3/c1-2-3-7-6(10)5(9)4-8/h4,8-9H,2-3H2,1H3,(H,7,10). The molecule has 0 rings (SSSR count). The second kappa shape index (κ2) is 4.67. The van der Waals surface area contributed by atoms with E-state index in [1.807, 2.05) is 6.92 Å². The van der Waals surface area contributed by atoms with Crippen LogP contribution in [-0.2, 0) is 4.79 Å². The van der Waals surface area contributed by atoms with E-state index in [1.165, 1.54) is 0 Å². The van der Waals surface area contributed by atoms with E-state index in [0.717, 1.165) is 6.42 Å². The first-order chi connectivity index (χ1) is 4.72. The van der Waals surface area contributed by atoms with Gasteiger partial charge in [-0.05, 0) is 6.42 Å². The van der Waals surface area contributed by atoms with Gasteiger partial charge in [0.25, 0.3) is 5.91 Å². The number of carbonyl (C=O) groups excluding carboxylic acids is 1. The van der Waals surface area contributed by atoms with Gasteiger partial charge >= 0.3 is 0 Å². The molecule has 0 atom stereocenters. The van der Waals surface area contributed by atoms with Crippen molar-refractivity contribution in [2.75, 3.05) is 6.54 Å². The minimum Gasteiger partial charge on any atom is -0.512 e. The average Bonchev–Trinajstić information content (AvgIpc) is 1.98. The Kier molecular flexibility index (Phi) is 4.11. The maximum atomic E-state index is 10.5. The first-order valence-electron chi connectivity index (χ1n) is 3.04. The molecule has 10 heavy (non-hydrogen) atoms. The van der Waals surface area contributed by atoms with Gasteiger partial charge < -0.3 is 15.5 Å².